The maximum Gasteiger partial charge on any atom is 0.0195 e. The zero-order valence-electron chi connectivity index (χ0n) is 13.0. The summed E-state index contributed by atoms with van der Waals surface area (Å²) in [5, 5.41) is 3.71. The monoisotopic (exact) mass is 267 g/mol. The molecule has 2 heterocycles. The van der Waals surface area contributed by atoms with E-state index < -0.39 is 0 Å². The molecule has 0 radical (unpaired) electrons. The number of likely N-dealkylation sites (tertiary alicyclic amines) is 1. The summed E-state index contributed by atoms with van der Waals surface area (Å²) < 4.78 is 0. The normalized spacial score (nSPS) is 30.5. The molecule has 0 aliphatic carbocycles. The summed E-state index contributed by atoms with van der Waals surface area (Å²) in [6.07, 6.45) is 8.32. The van der Waals surface area contributed by atoms with E-state index >= 15 is 0 Å². The summed E-state index contributed by atoms with van der Waals surface area (Å²) in [7, 11) is 0. The van der Waals surface area contributed by atoms with E-state index in [0.717, 1.165) is 12.1 Å². The van der Waals surface area contributed by atoms with Crippen LogP contribution >= 0.6 is 0 Å². The molecule has 2 unspecified atom stereocenters. The van der Waals surface area contributed by atoms with Gasteiger partial charge < -0.3 is 10.2 Å². The number of hydrogen-bond acceptors (Lipinski definition) is 3. The van der Waals surface area contributed by atoms with E-state index in [1.807, 2.05) is 0 Å². The van der Waals surface area contributed by atoms with E-state index in [-0.39, 0.29) is 0 Å². The molecular weight excluding hydrogens is 234 g/mol. The van der Waals surface area contributed by atoms with Crippen LogP contribution in [-0.2, 0) is 0 Å². The number of likely N-dealkylation sites (N-methyl/N-ethyl adjacent to an activating group) is 1. The smallest absolute Gasteiger partial charge is 0.0195 e. The second-order valence-electron chi connectivity index (χ2n) is 6.25. The molecule has 2 fully saturated rings. The van der Waals surface area contributed by atoms with Crippen molar-refractivity contribution in [3.8, 4) is 0 Å². The first kappa shape index (κ1) is 15.3. The molecular formula is C16H33N3. The van der Waals surface area contributed by atoms with Gasteiger partial charge in [-0.05, 0) is 64.8 Å². The lowest BCUT2D eigenvalue weighted by atomic mass is 10.0. The Bertz CT molecular complexity index is 238. The fraction of sp³-hybridized carbons (Fsp3) is 1.00. The summed E-state index contributed by atoms with van der Waals surface area (Å²) >= 11 is 0. The zero-order valence-corrected chi connectivity index (χ0v) is 13.0. The number of rotatable bonds is 5. The molecule has 0 bridgehead atoms. The molecule has 2 aliphatic heterocycles. The summed E-state index contributed by atoms with van der Waals surface area (Å²) in [5.41, 5.74) is 0. The van der Waals surface area contributed by atoms with Gasteiger partial charge in [0.05, 0.1) is 0 Å². The topological polar surface area (TPSA) is 18.5 Å². The molecule has 0 aromatic heterocycles. The van der Waals surface area contributed by atoms with Crippen LogP contribution in [0, 0.1) is 0 Å². The van der Waals surface area contributed by atoms with Crippen LogP contribution in [0.25, 0.3) is 0 Å². The Labute approximate surface area is 119 Å². The van der Waals surface area contributed by atoms with Gasteiger partial charge in [-0.15, -0.1) is 0 Å². The van der Waals surface area contributed by atoms with Crippen molar-refractivity contribution in [1.29, 1.82) is 0 Å². The van der Waals surface area contributed by atoms with Gasteiger partial charge in [-0.3, -0.25) is 4.90 Å². The molecule has 2 atom stereocenters. The molecule has 112 valence electrons. The van der Waals surface area contributed by atoms with E-state index in [1.54, 1.807) is 0 Å². The Hall–Kier alpha value is -0.120. The lowest BCUT2D eigenvalue weighted by molar-refractivity contribution is 0.158. The number of piperidine rings is 1. The SMILES string of the molecule is CCN1CCCC(N(CC)CC2CCCCN2)CC1. The highest BCUT2D eigenvalue weighted by molar-refractivity contribution is 4.82. The standard InChI is InChI=1S/C16H33N3/c1-3-18-12-7-9-16(10-13-18)19(4-2)14-15-8-5-6-11-17-15/h15-17H,3-14H2,1-2H3. The van der Waals surface area contributed by atoms with Crippen LogP contribution < -0.4 is 5.32 Å². The maximum absolute atomic E-state index is 3.71. The molecule has 2 aliphatic rings. The molecule has 0 spiro atoms. The predicted molar refractivity (Wildman–Crippen MR) is 82.6 cm³/mol. The number of hydrogen-bond donors (Lipinski definition) is 1. The highest BCUT2D eigenvalue weighted by Crippen LogP contribution is 2.18. The molecule has 0 aromatic rings. The fourth-order valence-corrected chi connectivity index (χ4v) is 3.72. The van der Waals surface area contributed by atoms with Crippen LogP contribution in [0.2, 0.25) is 0 Å². The van der Waals surface area contributed by atoms with Crippen molar-refractivity contribution in [2.45, 2.75) is 64.5 Å². The van der Waals surface area contributed by atoms with E-state index in [1.165, 1.54) is 77.8 Å². The van der Waals surface area contributed by atoms with Crippen molar-refractivity contribution in [2.75, 3.05) is 39.3 Å². The van der Waals surface area contributed by atoms with Crippen LogP contribution in [-0.4, -0.2) is 61.2 Å². The molecule has 2 rings (SSSR count). The van der Waals surface area contributed by atoms with Gasteiger partial charge in [-0.25, -0.2) is 0 Å². The van der Waals surface area contributed by atoms with Gasteiger partial charge in [0.2, 0.25) is 0 Å². The van der Waals surface area contributed by atoms with Gasteiger partial charge in [0.15, 0.2) is 0 Å². The zero-order chi connectivity index (χ0) is 13.5. The van der Waals surface area contributed by atoms with Crippen molar-refractivity contribution in [3.05, 3.63) is 0 Å². The maximum atomic E-state index is 3.71. The summed E-state index contributed by atoms with van der Waals surface area (Å²) in [5.74, 6) is 0. The Morgan fingerprint density at radius 1 is 1.05 bits per heavy atom. The van der Waals surface area contributed by atoms with Gasteiger partial charge in [0, 0.05) is 18.6 Å². The van der Waals surface area contributed by atoms with E-state index in [4.69, 9.17) is 0 Å². The number of nitrogens with one attached hydrogen (secondary N) is 1. The predicted octanol–water partition coefficient (Wildman–Crippen LogP) is 2.32. The van der Waals surface area contributed by atoms with E-state index in [9.17, 15) is 0 Å². The Morgan fingerprint density at radius 3 is 2.63 bits per heavy atom. The molecule has 0 aromatic carbocycles. The van der Waals surface area contributed by atoms with Crippen molar-refractivity contribution in [1.82, 2.24) is 15.1 Å². The second-order valence-corrected chi connectivity index (χ2v) is 6.25. The third kappa shape index (κ3) is 4.73. The summed E-state index contributed by atoms with van der Waals surface area (Å²) in [6, 6.07) is 1.57. The van der Waals surface area contributed by atoms with Crippen LogP contribution in [0.1, 0.15) is 52.4 Å². The summed E-state index contributed by atoms with van der Waals surface area (Å²) in [4.78, 5) is 5.37. The molecule has 1 N–H and O–H groups in total. The van der Waals surface area contributed by atoms with Crippen molar-refractivity contribution in [3.63, 3.8) is 0 Å². The Kier molecular flexibility index (Phi) is 6.62. The largest absolute Gasteiger partial charge is 0.313 e. The molecule has 0 amide bonds. The fourth-order valence-electron chi connectivity index (χ4n) is 3.72. The average molecular weight is 267 g/mol. The van der Waals surface area contributed by atoms with E-state index in [2.05, 4.69) is 29.0 Å². The third-order valence-electron chi connectivity index (χ3n) is 5.03. The molecule has 0 saturated carbocycles. The van der Waals surface area contributed by atoms with Crippen LogP contribution in [0.3, 0.4) is 0 Å². The minimum Gasteiger partial charge on any atom is -0.313 e. The Morgan fingerprint density at radius 2 is 1.95 bits per heavy atom. The van der Waals surface area contributed by atoms with Crippen molar-refractivity contribution in [2.24, 2.45) is 0 Å². The van der Waals surface area contributed by atoms with Gasteiger partial charge in [-0.2, -0.15) is 0 Å². The van der Waals surface area contributed by atoms with Crippen LogP contribution in [0.4, 0.5) is 0 Å². The number of nitrogens with zero attached hydrogens (tertiary/aromatic N) is 2. The van der Waals surface area contributed by atoms with Gasteiger partial charge in [0.25, 0.3) is 0 Å². The minimum atomic E-state index is 0.749. The Balaban J connectivity index is 1.82. The lowest BCUT2D eigenvalue weighted by Crippen LogP contribution is -2.47. The molecule has 19 heavy (non-hydrogen) atoms. The minimum absolute atomic E-state index is 0.749. The summed E-state index contributed by atoms with van der Waals surface area (Å²) in [6.45, 7) is 12.2. The first-order valence-corrected chi connectivity index (χ1v) is 8.53. The average Bonchev–Trinajstić information content (AvgIpc) is 2.71. The van der Waals surface area contributed by atoms with Gasteiger partial charge in [-0.1, -0.05) is 20.3 Å². The lowest BCUT2D eigenvalue weighted by Gasteiger charge is -2.35. The van der Waals surface area contributed by atoms with Crippen molar-refractivity contribution < 1.29 is 0 Å². The first-order chi connectivity index (χ1) is 9.33. The quantitative estimate of drug-likeness (QED) is 0.825. The molecule has 2 saturated heterocycles. The molecule has 3 nitrogen and oxygen atoms in total. The van der Waals surface area contributed by atoms with Gasteiger partial charge in [0.1, 0.15) is 0 Å². The van der Waals surface area contributed by atoms with E-state index in [0.29, 0.717) is 0 Å². The van der Waals surface area contributed by atoms with Crippen LogP contribution in [0.5, 0.6) is 0 Å². The van der Waals surface area contributed by atoms with Crippen molar-refractivity contribution >= 4 is 0 Å². The van der Waals surface area contributed by atoms with Crippen LogP contribution in [0.15, 0.2) is 0 Å². The highest BCUT2D eigenvalue weighted by atomic mass is 15.2. The first-order valence-electron chi connectivity index (χ1n) is 8.53. The molecule has 3 heteroatoms. The van der Waals surface area contributed by atoms with Gasteiger partial charge >= 0.3 is 0 Å². The third-order valence-corrected chi connectivity index (χ3v) is 5.03. The second kappa shape index (κ2) is 8.23. The highest BCUT2D eigenvalue weighted by Gasteiger charge is 2.24.